The lowest BCUT2D eigenvalue weighted by molar-refractivity contribution is 0.319. The van der Waals surface area contributed by atoms with E-state index in [0.717, 1.165) is 23.3 Å². The second-order valence-electron chi connectivity index (χ2n) is 6.34. The summed E-state index contributed by atoms with van der Waals surface area (Å²) in [4.78, 5) is 4.02. The van der Waals surface area contributed by atoms with E-state index in [-0.39, 0.29) is 0 Å². The van der Waals surface area contributed by atoms with Crippen LogP contribution in [-0.4, -0.2) is 21.4 Å². The first-order valence-corrected chi connectivity index (χ1v) is 9.25. The Morgan fingerprint density at radius 3 is 2.63 bits per heavy atom. The van der Waals surface area contributed by atoms with Gasteiger partial charge in [0, 0.05) is 10.6 Å². The van der Waals surface area contributed by atoms with Gasteiger partial charge in [-0.2, -0.15) is 10.4 Å². The lowest BCUT2D eigenvalue weighted by Crippen LogP contribution is -2.32. The molecular weight excluding hydrogens is 360 g/mol. The molecule has 27 heavy (non-hydrogen) atoms. The van der Waals surface area contributed by atoms with Crippen LogP contribution in [0, 0.1) is 11.3 Å². The summed E-state index contributed by atoms with van der Waals surface area (Å²) in [6.07, 6.45) is 4.47. The highest BCUT2D eigenvalue weighted by atomic mass is 35.5. The third-order valence-corrected chi connectivity index (χ3v) is 4.82. The molecule has 1 aromatic heterocycles. The number of hydrogen-bond donors (Lipinski definition) is 0. The molecular formula is C21H21ClN4O. The van der Waals surface area contributed by atoms with E-state index in [9.17, 15) is 5.26 Å². The van der Waals surface area contributed by atoms with Crippen molar-refractivity contribution in [2.24, 2.45) is 0 Å². The van der Waals surface area contributed by atoms with Gasteiger partial charge in [0.1, 0.15) is 23.8 Å². The van der Waals surface area contributed by atoms with E-state index in [4.69, 9.17) is 16.3 Å². The van der Waals surface area contributed by atoms with E-state index >= 15 is 0 Å². The summed E-state index contributed by atoms with van der Waals surface area (Å²) in [5, 5.41) is 15.2. The Labute approximate surface area is 164 Å². The zero-order valence-corrected chi connectivity index (χ0v) is 15.9. The Bertz CT molecular complexity index is 903. The molecule has 3 rings (SSSR count). The molecule has 5 nitrogen and oxygen atoms in total. The van der Waals surface area contributed by atoms with Crippen molar-refractivity contribution in [3.05, 3.63) is 77.3 Å². The molecule has 0 aliphatic carbocycles. The van der Waals surface area contributed by atoms with E-state index in [1.807, 2.05) is 55.5 Å². The number of hydrogen-bond acceptors (Lipinski definition) is 4. The van der Waals surface area contributed by atoms with Crippen LogP contribution in [-0.2, 0) is 18.4 Å². The Hall–Kier alpha value is -2.84. The Balaban J connectivity index is 1.97. The number of para-hydroxylation sites is 1. The lowest BCUT2D eigenvalue weighted by Gasteiger charge is -2.29. The molecule has 0 amide bonds. The van der Waals surface area contributed by atoms with Gasteiger partial charge >= 0.3 is 0 Å². The number of aryl methyl sites for hydroxylation is 1. The molecule has 0 N–H and O–H groups in total. The first-order valence-electron chi connectivity index (χ1n) is 8.87. The van der Waals surface area contributed by atoms with Crippen LogP contribution in [0.25, 0.3) is 0 Å². The molecule has 2 aromatic carbocycles. The highest BCUT2D eigenvalue weighted by molar-refractivity contribution is 6.30. The average molecular weight is 381 g/mol. The maximum atomic E-state index is 10.3. The molecule has 0 saturated carbocycles. The fourth-order valence-electron chi connectivity index (χ4n) is 3.19. The smallest absolute Gasteiger partial charge is 0.137 e. The Morgan fingerprint density at radius 2 is 1.96 bits per heavy atom. The standard InChI is InChI=1S/C21H21ClN4O/c1-2-27-20-6-4-3-5-19(20)21(13-23,14-26-16-24-15-25-26)12-11-17-7-9-18(22)10-8-17/h3-10,15-16H,2,11-12,14H2,1H3. The zero-order chi connectivity index (χ0) is 19.1. The third kappa shape index (κ3) is 4.47. The molecule has 1 unspecified atom stereocenters. The van der Waals surface area contributed by atoms with Crippen LogP contribution in [0.15, 0.2) is 61.2 Å². The highest BCUT2D eigenvalue weighted by Crippen LogP contribution is 2.37. The maximum Gasteiger partial charge on any atom is 0.137 e. The summed E-state index contributed by atoms with van der Waals surface area (Å²) in [6, 6.07) is 18.0. The molecule has 0 radical (unpaired) electrons. The molecule has 1 heterocycles. The number of benzene rings is 2. The SMILES string of the molecule is CCOc1ccccc1C(C#N)(CCc1ccc(Cl)cc1)Cn1cncn1. The van der Waals surface area contributed by atoms with Crippen molar-refractivity contribution in [3.8, 4) is 11.8 Å². The summed E-state index contributed by atoms with van der Waals surface area (Å²) in [5.41, 5.74) is 1.21. The second-order valence-corrected chi connectivity index (χ2v) is 6.78. The van der Waals surface area contributed by atoms with Gasteiger partial charge in [-0.3, -0.25) is 4.68 Å². The van der Waals surface area contributed by atoms with E-state index in [1.165, 1.54) is 6.33 Å². The van der Waals surface area contributed by atoms with Crippen LogP contribution in [0.3, 0.4) is 0 Å². The maximum absolute atomic E-state index is 10.3. The van der Waals surface area contributed by atoms with Crippen molar-refractivity contribution < 1.29 is 4.74 Å². The number of ether oxygens (including phenoxy) is 1. The molecule has 0 saturated heterocycles. The Morgan fingerprint density at radius 1 is 1.19 bits per heavy atom. The summed E-state index contributed by atoms with van der Waals surface area (Å²) in [5.74, 6) is 0.734. The summed E-state index contributed by atoms with van der Waals surface area (Å²) < 4.78 is 7.52. The predicted octanol–water partition coefficient (Wildman–Crippen LogP) is 4.42. The van der Waals surface area contributed by atoms with E-state index in [0.29, 0.717) is 24.6 Å². The topological polar surface area (TPSA) is 63.7 Å². The van der Waals surface area contributed by atoms with Crippen LogP contribution >= 0.6 is 11.6 Å². The summed E-state index contributed by atoms with van der Waals surface area (Å²) >= 11 is 5.99. The molecule has 0 spiro atoms. The molecule has 0 aliphatic rings. The highest BCUT2D eigenvalue weighted by Gasteiger charge is 2.36. The third-order valence-electron chi connectivity index (χ3n) is 4.57. The molecule has 3 aromatic rings. The van der Waals surface area contributed by atoms with Crippen molar-refractivity contribution in [2.45, 2.75) is 31.7 Å². The number of aromatic nitrogens is 3. The van der Waals surface area contributed by atoms with Gasteiger partial charge in [-0.25, -0.2) is 4.98 Å². The fraction of sp³-hybridized carbons (Fsp3) is 0.286. The fourth-order valence-corrected chi connectivity index (χ4v) is 3.32. The minimum atomic E-state index is -0.793. The summed E-state index contributed by atoms with van der Waals surface area (Å²) in [6.45, 7) is 2.89. The minimum Gasteiger partial charge on any atom is -0.494 e. The van der Waals surface area contributed by atoms with Crippen LogP contribution in [0.4, 0.5) is 0 Å². The minimum absolute atomic E-state index is 0.404. The van der Waals surface area contributed by atoms with Crippen molar-refractivity contribution in [2.75, 3.05) is 6.61 Å². The van der Waals surface area contributed by atoms with E-state index in [2.05, 4.69) is 16.2 Å². The number of rotatable bonds is 8. The normalized spacial score (nSPS) is 12.9. The Kier molecular flexibility index (Phi) is 6.10. The van der Waals surface area contributed by atoms with Gasteiger partial charge in [-0.1, -0.05) is 41.9 Å². The summed E-state index contributed by atoms with van der Waals surface area (Å²) in [7, 11) is 0. The molecule has 6 heteroatoms. The number of nitriles is 1. The van der Waals surface area contributed by atoms with E-state index in [1.54, 1.807) is 11.0 Å². The van der Waals surface area contributed by atoms with Crippen LogP contribution in [0.1, 0.15) is 24.5 Å². The molecule has 1 atom stereocenters. The zero-order valence-electron chi connectivity index (χ0n) is 15.2. The van der Waals surface area contributed by atoms with Gasteiger partial charge < -0.3 is 4.74 Å². The van der Waals surface area contributed by atoms with Crippen molar-refractivity contribution in [1.29, 1.82) is 5.26 Å². The predicted molar refractivity (Wildman–Crippen MR) is 105 cm³/mol. The first kappa shape index (κ1) is 18.9. The largest absolute Gasteiger partial charge is 0.494 e. The van der Waals surface area contributed by atoms with E-state index < -0.39 is 5.41 Å². The van der Waals surface area contributed by atoms with Gasteiger partial charge in [-0.15, -0.1) is 0 Å². The second kappa shape index (κ2) is 8.70. The van der Waals surface area contributed by atoms with Crippen LogP contribution < -0.4 is 4.74 Å². The first-order chi connectivity index (χ1) is 13.2. The quantitative estimate of drug-likeness (QED) is 0.580. The molecule has 0 fully saturated rings. The van der Waals surface area contributed by atoms with Crippen molar-refractivity contribution >= 4 is 11.6 Å². The van der Waals surface area contributed by atoms with Crippen LogP contribution in [0.2, 0.25) is 5.02 Å². The van der Waals surface area contributed by atoms with Gasteiger partial charge in [0.05, 0.1) is 19.2 Å². The van der Waals surface area contributed by atoms with Gasteiger partial charge in [0.15, 0.2) is 0 Å². The van der Waals surface area contributed by atoms with Gasteiger partial charge in [0.2, 0.25) is 0 Å². The van der Waals surface area contributed by atoms with Gasteiger partial charge in [0.25, 0.3) is 0 Å². The molecule has 0 aliphatic heterocycles. The molecule has 138 valence electrons. The lowest BCUT2D eigenvalue weighted by atomic mass is 9.76. The van der Waals surface area contributed by atoms with Crippen molar-refractivity contribution in [1.82, 2.24) is 14.8 Å². The monoisotopic (exact) mass is 380 g/mol. The molecule has 0 bridgehead atoms. The van der Waals surface area contributed by atoms with Crippen molar-refractivity contribution in [3.63, 3.8) is 0 Å². The van der Waals surface area contributed by atoms with Gasteiger partial charge in [-0.05, 0) is 43.5 Å². The van der Waals surface area contributed by atoms with Crippen LogP contribution in [0.5, 0.6) is 5.75 Å². The number of halogens is 1. The average Bonchev–Trinajstić information content (AvgIpc) is 3.20. The number of nitrogens with zero attached hydrogens (tertiary/aromatic N) is 4.